The molecule has 5 rings (SSSR count). The van der Waals surface area contributed by atoms with E-state index in [-0.39, 0.29) is 22.2 Å². The molecule has 13 heteroatoms. The molecule has 0 unspecified atom stereocenters. The molecule has 192 valence electrons. The average molecular weight is 549 g/mol. The summed E-state index contributed by atoms with van der Waals surface area (Å²) in [4.78, 5) is 18.8. The molecule has 1 aliphatic heterocycles. The van der Waals surface area contributed by atoms with Crippen LogP contribution in [0.25, 0.3) is 11.3 Å². The Morgan fingerprint density at radius 2 is 1.76 bits per heavy atom. The van der Waals surface area contributed by atoms with Gasteiger partial charge < -0.3 is 15.0 Å². The van der Waals surface area contributed by atoms with Gasteiger partial charge in [-0.15, -0.1) is 0 Å². The van der Waals surface area contributed by atoms with Crippen LogP contribution in [0.4, 0.5) is 11.9 Å². The summed E-state index contributed by atoms with van der Waals surface area (Å²) >= 11 is 6.30. The molecule has 0 aliphatic carbocycles. The van der Waals surface area contributed by atoms with Crippen molar-refractivity contribution < 1.29 is 13.2 Å². The molecule has 1 saturated heterocycles. The molecule has 0 saturated carbocycles. The topological polar surface area (TPSA) is 146 Å². The highest BCUT2D eigenvalue weighted by Crippen LogP contribution is 2.36. The van der Waals surface area contributed by atoms with Gasteiger partial charge in [-0.2, -0.15) is 5.26 Å². The lowest BCUT2D eigenvalue weighted by molar-refractivity contribution is 0.482. The summed E-state index contributed by atoms with van der Waals surface area (Å²) in [7, 11) is -4.03. The zero-order valence-corrected chi connectivity index (χ0v) is 21.4. The number of nitriles is 1. The van der Waals surface area contributed by atoms with Gasteiger partial charge in [-0.05, 0) is 48.5 Å². The van der Waals surface area contributed by atoms with Crippen molar-refractivity contribution in [2.24, 2.45) is 0 Å². The monoisotopic (exact) mass is 548 g/mol. The lowest BCUT2D eigenvalue weighted by Gasteiger charge is -2.27. The average Bonchev–Trinajstić information content (AvgIpc) is 2.95. The van der Waals surface area contributed by atoms with Gasteiger partial charge in [0.2, 0.25) is 11.9 Å². The van der Waals surface area contributed by atoms with Gasteiger partial charge in [-0.1, -0.05) is 11.6 Å². The summed E-state index contributed by atoms with van der Waals surface area (Å²) in [5, 5.41) is 13.5. The fourth-order valence-electron chi connectivity index (χ4n) is 3.81. The first-order valence-electron chi connectivity index (χ1n) is 11.5. The maximum Gasteiger partial charge on any atom is 0.264 e. The van der Waals surface area contributed by atoms with Crippen LogP contribution < -0.4 is 19.7 Å². The van der Waals surface area contributed by atoms with Crippen molar-refractivity contribution in [3.63, 3.8) is 0 Å². The van der Waals surface area contributed by atoms with Crippen molar-refractivity contribution in [3.8, 4) is 28.8 Å². The first-order chi connectivity index (χ1) is 18.4. The third kappa shape index (κ3) is 5.65. The zero-order chi connectivity index (χ0) is 26.5. The lowest BCUT2D eigenvalue weighted by atomic mass is 10.1. The SMILES string of the molecule is N#Cc1cc(S(=O)(=O)Nc2ncccn2)ccc1Oc1ccc(Cl)cc1-c1ccnc(N2CCNCC2)n1. The third-order valence-corrected chi connectivity index (χ3v) is 7.21. The number of hydrogen-bond donors (Lipinski definition) is 2. The van der Waals surface area contributed by atoms with Crippen LogP contribution in [0.2, 0.25) is 5.02 Å². The fourth-order valence-corrected chi connectivity index (χ4v) is 4.96. The molecule has 0 amide bonds. The molecule has 11 nitrogen and oxygen atoms in total. The quantitative estimate of drug-likeness (QED) is 0.352. The van der Waals surface area contributed by atoms with Gasteiger partial charge in [0, 0.05) is 55.4 Å². The molecule has 1 aliphatic rings. The Bertz CT molecular complexity index is 1610. The summed E-state index contributed by atoms with van der Waals surface area (Å²) in [6.07, 6.45) is 4.50. The Balaban J connectivity index is 1.45. The van der Waals surface area contributed by atoms with Gasteiger partial charge in [-0.25, -0.2) is 33.1 Å². The van der Waals surface area contributed by atoms with Crippen LogP contribution in [0.15, 0.2) is 72.0 Å². The van der Waals surface area contributed by atoms with Gasteiger partial charge >= 0.3 is 0 Å². The molecule has 3 heterocycles. The minimum atomic E-state index is -4.03. The van der Waals surface area contributed by atoms with Crippen molar-refractivity contribution in [3.05, 3.63) is 77.7 Å². The van der Waals surface area contributed by atoms with E-state index in [1.165, 1.54) is 30.6 Å². The highest BCUT2D eigenvalue weighted by molar-refractivity contribution is 7.92. The number of hydrogen-bond acceptors (Lipinski definition) is 10. The second-order valence-electron chi connectivity index (χ2n) is 8.17. The van der Waals surface area contributed by atoms with Gasteiger partial charge in [0.25, 0.3) is 10.0 Å². The predicted molar refractivity (Wildman–Crippen MR) is 142 cm³/mol. The minimum Gasteiger partial charge on any atom is -0.455 e. The van der Waals surface area contributed by atoms with Gasteiger partial charge in [0.1, 0.15) is 17.6 Å². The summed E-state index contributed by atoms with van der Waals surface area (Å²) in [5.41, 5.74) is 1.21. The Labute approximate surface area is 224 Å². The summed E-state index contributed by atoms with van der Waals surface area (Å²) in [5.74, 6) is 1.07. The number of nitrogens with one attached hydrogen (secondary N) is 2. The van der Waals surface area contributed by atoms with E-state index in [1.807, 2.05) is 6.07 Å². The number of benzene rings is 2. The van der Waals surface area contributed by atoms with Crippen LogP contribution in [-0.4, -0.2) is 54.5 Å². The minimum absolute atomic E-state index is 0.0203. The molecular formula is C25H21ClN8O3S. The molecule has 2 aromatic carbocycles. The van der Waals surface area contributed by atoms with Gasteiger partial charge in [-0.3, -0.25) is 0 Å². The summed E-state index contributed by atoms with van der Waals surface area (Å²) in [6, 6.07) is 14.4. The van der Waals surface area contributed by atoms with Crippen molar-refractivity contribution in [2.45, 2.75) is 4.90 Å². The number of nitrogens with zero attached hydrogens (tertiary/aromatic N) is 6. The molecule has 0 bridgehead atoms. The van der Waals surface area contributed by atoms with E-state index in [0.717, 1.165) is 26.2 Å². The largest absolute Gasteiger partial charge is 0.455 e. The van der Waals surface area contributed by atoms with E-state index < -0.39 is 10.0 Å². The molecule has 1 fully saturated rings. The number of piperazine rings is 1. The summed E-state index contributed by atoms with van der Waals surface area (Å²) in [6.45, 7) is 3.26. The van der Waals surface area contributed by atoms with E-state index in [0.29, 0.717) is 28.0 Å². The Morgan fingerprint density at radius 1 is 1.00 bits per heavy atom. The van der Waals surface area contributed by atoms with Crippen LogP contribution in [0.3, 0.4) is 0 Å². The zero-order valence-electron chi connectivity index (χ0n) is 19.9. The van der Waals surface area contributed by atoms with Crippen LogP contribution in [0.1, 0.15) is 5.56 Å². The second kappa shape index (κ2) is 11.0. The molecule has 0 spiro atoms. The first-order valence-corrected chi connectivity index (χ1v) is 13.4. The number of aromatic nitrogens is 4. The normalized spacial score (nSPS) is 13.5. The van der Waals surface area contributed by atoms with Crippen LogP contribution >= 0.6 is 11.6 Å². The van der Waals surface area contributed by atoms with E-state index in [1.54, 1.807) is 36.5 Å². The molecule has 2 aromatic heterocycles. The van der Waals surface area contributed by atoms with Crippen molar-refractivity contribution in [2.75, 3.05) is 35.8 Å². The third-order valence-electron chi connectivity index (χ3n) is 5.65. The van der Waals surface area contributed by atoms with Crippen molar-refractivity contribution >= 4 is 33.5 Å². The van der Waals surface area contributed by atoms with E-state index in [9.17, 15) is 13.7 Å². The van der Waals surface area contributed by atoms with Crippen molar-refractivity contribution in [1.29, 1.82) is 5.26 Å². The molecule has 0 atom stereocenters. The second-order valence-corrected chi connectivity index (χ2v) is 10.3. The van der Waals surface area contributed by atoms with Crippen LogP contribution in [-0.2, 0) is 10.0 Å². The molecule has 2 N–H and O–H groups in total. The number of rotatable bonds is 7. The molecular weight excluding hydrogens is 528 g/mol. The molecule has 4 aromatic rings. The maximum atomic E-state index is 12.8. The van der Waals surface area contributed by atoms with Gasteiger partial charge in [0.05, 0.1) is 16.2 Å². The first kappa shape index (κ1) is 25.3. The Hall–Kier alpha value is -4.31. The fraction of sp³-hybridized carbons (Fsp3) is 0.160. The lowest BCUT2D eigenvalue weighted by Crippen LogP contribution is -2.44. The number of ether oxygens (including phenoxy) is 1. The smallest absolute Gasteiger partial charge is 0.264 e. The molecule has 38 heavy (non-hydrogen) atoms. The Kier molecular flexibility index (Phi) is 7.32. The van der Waals surface area contributed by atoms with E-state index in [4.69, 9.17) is 21.3 Å². The van der Waals surface area contributed by atoms with E-state index >= 15 is 0 Å². The molecule has 0 radical (unpaired) electrons. The number of sulfonamides is 1. The van der Waals surface area contributed by atoms with E-state index in [2.05, 4.69) is 29.9 Å². The standard InChI is InChI=1S/C25H21ClN8O3S/c26-18-2-4-23(20(15-18)21-6-9-31-25(32-21)34-12-10-28-11-13-34)37-22-5-3-19(14-17(22)16-27)38(35,36)33-24-29-7-1-8-30-24/h1-9,14-15,28H,10-13H2,(H,29,30,33). The predicted octanol–water partition coefficient (Wildman–Crippen LogP) is 3.46. The highest BCUT2D eigenvalue weighted by Gasteiger charge is 2.20. The number of anilines is 2. The van der Waals surface area contributed by atoms with Crippen LogP contribution in [0, 0.1) is 11.3 Å². The van der Waals surface area contributed by atoms with Crippen LogP contribution in [0.5, 0.6) is 11.5 Å². The van der Waals surface area contributed by atoms with Crippen molar-refractivity contribution in [1.82, 2.24) is 25.3 Å². The highest BCUT2D eigenvalue weighted by atomic mass is 35.5. The number of halogens is 1. The Morgan fingerprint density at radius 3 is 2.53 bits per heavy atom. The summed E-state index contributed by atoms with van der Waals surface area (Å²) < 4.78 is 34.0. The maximum absolute atomic E-state index is 12.8. The van der Waals surface area contributed by atoms with Gasteiger partial charge in [0.15, 0.2) is 0 Å².